The summed E-state index contributed by atoms with van der Waals surface area (Å²) in [6, 6.07) is 6.07. The maximum absolute atomic E-state index is 13.1. The van der Waals surface area contributed by atoms with Crippen molar-refractivity contribution in [1.29, 1.82) is 0 Å². The molecule has 1 N–H and O–H groups in total. The van der Waals surface area contributed by atoms with E-state index in [0.29, 0.717) is 24.1 Å². The summed E-state index contributed by atoms with van der Waals surface area (Å²) < 4.78 is 20.5. The second-order valence-electron chi connectivity index (χ2n) is 5.94. The standard InChI is InChI=1S/C18H21FN4O2S/c1-2-9-23-17(13-5-7-14(19)8-6-13)21-22-18(23)26-12-16(24)20-11-15-4-3-10-25-15/h2,5-8,15H,1,3-4,9-12H2,(H,20,24). The number of allylic oxidation sites excluding steroid dienone is 1. The van der Waals surface area contributed by atoms with E-state index in [1.54, 1.807) is 18.2 Å². The molecule has 1 fully saturated rings. The van der Waals surface area contributed by atoms with Gasteiger partial charge in [-0.1, -0.05) is 17.8 Å². The fourth-order valence-corrected chi connectivity index (χ4v) is 3.49. The van der Waals surface area contributed by atoms with Gasteiger partial charge in [0.05, 0.1) is 11.9 Å². The lowest BCUT2D eigenvalue weighted by atomic mass is 10.2. The van der Waals surface area contributed by atoms with Crippen LogP contribution >= 0.6 is 11.8 Å². The minimum absolute atomic E-state index is 0.0676. The molecule has 26 heavy (non-hydrogen) atoms. The molecule has 1 amide bonds. The summed E-state index contributed by atoms with van der Waals surface area (Å²) in [7, 11) is 0. The largest absolute Gasteiger partial charge is 0.376 e. The molecule has 1 saturated heterocycles. The van der Waals surface area contributed by atoms with Crippen LogP contribution in [-0.2, 0) is 16.1 Å². The lowest BCUT2D eigenvalue weighted by molar-refractivity contribution is -0.119. The highest BCUT2D eigenvalue weighted by Crippen LogP contribution is 2.24. The number of rotatable bonds is 8. The first-order valence-corrected chi connectivity index (χ1v) is 9.47. The number of aromatic nitrogens is 3. The van der Waals surface area contributed by atoms with Gasteiger partial charge in [0.25, 0.3) is 0 Å². The molecule has 3 rings (SSSR count). The number of carbonyl (C=O) groups excluding carboxylic acids is 1. The number of halogens is 1. The molecule has 1 aliphatic heterocycles. The van der Waals surface area contributed by atoms with Crippen molar-refractivity contribution in [2.75, 3.05) is 18.9 Å². The molecule has 1 atom stereocenters. The van der Waals surface area contributed by atoms with E-state index in [9.17, 15) is 9.18 Å². The number of ether oxygens (including phenoxy) is 1. The molecule has 1 unspecified atom stereocenters. The highest BCUT2D eigenvalue weighted by molar-refractivity contribution is 7.99. The van der Waals surface area contributed by atoms with E-state index in [0.717, 1.165) is 25.0 Å². The average Bonchev–Trinajstić information content (AvgIpc) is 3.29. The molecule has 2 aromatic rings. The van der Waals surface area contributed by atoms with Crippen LogP contribution < -0.4 is 5.32 Å². The van der Waals surface area contributed by atoms with Crippen LogP contribution in [0.4, 0.5) is 4.39 Å². The third-order valence-corrected chi connectivity index (χ3v) is 4.98. The summed E-state index contributed by atoms with van der Waals surface area (Å²) >= 11 is 1.31. The van der Waals surface area contributed by atoms with E-state index >= 15 is 0 Å². The molecule has 2 heterocycles. The van der Waals surface area contributed by atoms with Gasteiger partial charge in [0.1, 0.15) is 5.82 Å². The third kappa shape index (κ3) is 4.70. The molecular weight excluding hydrogens is 355 g/mol. The average molecular weight is 376 g/mol. The van der Waals surface area contributed by atoms with Crippen LogP contribution in [0.15, 0.2) is 42.1 Å². The van der Waals surface area contributed by atoms with E-state index in [4.69, 9.17) is 4.74 Å². The number of amides is 1. The Morgan fingerprint density at radius 3 is 2.92 bits per heavy atom. The number of carbonyl (C=O) groups is 1. The van der Waals surface area contributed by atoms with Crippen LogP contribution in [0.2, 0.25) is 0 Å². The maximum Gasteiger partial charge on any atom is 0.230 e. The Kier molecular flexibility index (Phi) is 6.40. The number of nitrogens with zero attached hydrogens (tertiary/aromatic N) is 3. The zero-order valence-electron chi connectivity index (χ0n) is 14.4. The molecule has 1 aliphatic rings. The van der Waals surface area contributed by atoms with Crippen LogP contribution in [-0.4, -0.2) is 45.7 Å². The van der Waals surface area contributed by atoms with Gasteiger partial charge in [-0.05, 0) is 37.1 Å². The Balaban J connectivity index is 1.62. The third-order valence-electron chi connectivity index (χ3n) is 4.01. The van der Waals surface area contributed by atoms with Gasteiger partial charge < -0.3 is 10.1 Å². The predicted octanol–water partition coefficient (Wildman–Crippen LogP) is 2.66. The minimum Gasteiger partial charge on any atom is -0.376 e. The second kappa shape index (κ2) is 8.95. The lowest BCUT2D eigenvalue weighted by Gasteiger charge is -2.11. The zero-order chi connectivity index (χ0) is 18.4. The van der Waals surface area contributed by atoms with Crippen molar-refractivity contribution in [3.63, 3.8) is 0 Å². The zero-order valence-corrected chi connectivity index (χ0v) is 15.2. The van der Waals surface area contributed by atoms with E-state index < -0.39 is 0 Å². The van der Waals surface area contributed by atoms with Gasteiger partial charge in [-0.2, -0.15) is 0 Å². The molecule has 0 aliphatic carbocycles. The fraction of sp³-hybridized carbons (Fsp3) is 0.389. The number of thioether (sulfide) groups is 1. The van der Waals surface area contributed by atoms with E-state index in [2.05, 4.69) is 22.1 Å². The quantitative estimate of drug-likeness (QED) is 0.567. The molecule has 1 aromatic carbocycles. The number of hydrogen-bond donors (Lipinski definition) is 1. The van der Waals surface area contributed by atoms with Crippen molar-refractivity contribution in [1.82, 2.24) is 20.1 Å². The van der Waals surface area contributed by atoms with Gasteiger partial charge in [0, 0.05) is 25.3 Å². The molecule has 6 nitrogen and oxygen atoms in total. The van der Waals surface area contributed by atoms with Gasteiger partial charge >= 0.3 is 0 Å². The summed E-state index contributed by atoms with van der Waals surface area (Å²) in [6.45, 7) is 5.57. The summed E-state index contributed by atoms with van der Waals surface area (Å²) in [5.74, 6) is 0.487. The SMILES string of the molecule is C=CCn1c(SCC(=O)NCC2CCCO2)nnc1-c1ccc(F)cc1. The van der Waals surface area contributed by atoms with Gasteiger partial charge in [-0.3, -0.25) is 9.36 Å². The van der Waals surface area contributed by atoms with Crippen LogP contribution in [0.3, 0.4) is 0 Å². The maximum atomic E-state index is 13.1. The molecule has 0 bridgehead atoms. The number of nitrogens with one attached hydrogen (secondary N) is 1. The Hall–Kier alpha value is -2.19. The molecular formula is C18H21FN4O2S. The smallest absolute Gasteiger partial charge is 0.230 e. The van der Waals surface area contributed by atoms with Crippen LogP contribution in [0, 0.1) is 5.82 Å². The summed E-state index contributed by atoms with van der Waals surface area (Å²) in [6.07, 6.45) is 3.89. The minimum atomic E-state index is -0.305. The molecule has 0 radical (unpaired) electrons. The predicted molar refractivity (Wildman–Crippen MR) is 98.3 cm³/mol. The summed E-state index contributed by atoms with van der Waals surface area (Å²) in [5.41, 5.74) is 0.760. The molecule has 0 spiro atoms. The number of hydrogen-bond acceptors (Lipinski definition) is 5. The monoisotopic (exact) mass is 376 g/mol. The lowest BCUT2D eigenvalue weighted by Crippen LogP contribution is -2.32. The highest BCUT2D eigenvalue weighted by Gasteiger charge is 2.18. The van der Waals surface area contributed by atoms with E-state index in [-0.39, 0.29) is 23.6 Å². The summed E-state index contributed by atoms with van der Waals surface area (Å²) in [4.78, 5) is 12.0. The Morgan fingerprint density at radius 2 is 2.23 bits per heavy atom. The fourth-order valence-electron chi connectivity index (χ4n) is 2.72. The normalized spacial score (nSPS) is 16.6. The van der Waals surface area contributed by atoms with Gasteiger partial charge in [-0.25, -0.2) is 4.39 Å². The van der Waals surface area contributed by atoms with Gasteiger partial charge in [-0.15, -0.1) is 16.8 Å². The van der Waals surface area contributed by atoms with Gasteiger partial charge in [0.2, 0.25) is 5.91 Å². The van der Waals surface area contributed by atoms with Crippen LogP contribution in [0.1, 0.15) is 12.8 Å². The number of benzene rings is 1. The highest BCUT2D eigenvalue weighted by atomic mass is 32.2. The topological polar surface area (TPSA) is 69.0 Å². The van der Waals surface area contributed by atoms with Crippen molar-refractivity contribution < 1.29 is 13.9 Å². The van der Waals surface area contributed by atoms with Crippen molar-refractivity contribution in [2.45, 2.75) is 30.6 Å². The first-order valence-electron chi connectivity index (χ1n) is 8.48. The Bertz CT molecular complexity index is 757. The van der Waals surface area contributed by atoms with Crippen molar-refractivity contribution in [3.8, 4) is 11.4 Å². The first-order chi connectivity index (χ1) is 12.7. The molecule has 138 valence electrons. The van der Waals surface area contributed by atoms with E-state index in [1.165, 1.54) is 23.9 Å². The van der Waals surface area contributed by atoms with Crippen molar-refractivity contribution in [3.05, 3.63) is 42.7 Å². The Morgan fingerprint density at radius 1 is 1.42 bits per heavy atom. The molecule has 1 aromatic heterocycles. The molecule has 0 saturated carbocycles. The summed E-state index contributed by atoms with van der Waals surface area (Å²) in [5, 5.41) is 11.9. The van der Waals surface area contributed by atoms with Crippen molar-refractivity contribution >= 4 is 17.7 Å². The van der Waals surface area contributed by atoms with E-state index in [1.807, 2.05) is 4.57 Å². The van der Waals surface area contributed by atoms with Crippen LogP contribution in [0.5, 0.6) is 0 Å². The first kappa shape index (κ1) is 18.6. The molecule has 8 heteroatoms. The van der Waals surface area contributed by atoms with Crippen molar-refractivity contribution in [2.24, 2.45) is 0 Å². The van der Waals surface area contributed by atoms with Gasteiger partial charge in [0.15, 0.2) is 11.0 Å². The van der Waals surface area contributed by atoms with Crippen LogP contribution in [0.25, 0.3) is 11.4 Å². The second-order valence-corrected chi connectivity index (χ2v) is 6.88. The Labute approximate surface area is 155 Å².